The SMILES string of the molecule is COc1ccc(NC(=O)Nc2cc(C(CC(=O)O)C(F)(F)F)ccc2N(CC(C)C)CC(C)C)cc1. The number of hydrogen-bond donors (Lipinski definition) is 3. The summed E-state index contributed by atoms with van der Waals surface area (Å²) in [5, 5.41) is 14.4. The third-order valence-electron chi connectivity index (χ3n) is 5.30. The third kappa shape index (κ3) is 8.66. The topological polar surface area (TPSA) is 90.9 Å². The number of carbonyl (C=O) groups excluding carboxylic acids is 1. The maximum absolute atomic E-state index is 13.7. The van der Waals surface area contributed by atoms with Gasteiger partial charge < -0.3 is 25.4 Å². The van der Waals surface area contributed by atoms with E-state index in [2.05, 4.69) is 10.6 Å². The van der Waals surface area contributed by atoms with Gasteiger partial charge in [-0.25, -0.2) is 4.79 Å². The number of benzene rings is 2. The third-order valence-corrected chi connectivity index (χ3v) is 5.30. The Morgan fingerprint density at radius 3 is 2.03 bits per heavy atom. The molecule has 0 radical (unpaired) electrons. The van der Waals surface area contributed by atoms with Crippen molar-refractivity contribution in [1.29, 1.82) is 0 Å². The van der Waals surface area contributed by atoms with Crippen LogP contribution in [0.3, 0.4) is 0 Å². The minimum atomic E-state index is -4.77. The van der Waals surface area contributed by atoms with Crippen LogP contribution in [0.1, 0.15) is 45.6 Å². The lowest BCUT2D eigenvalue weighted by atomic mass is 9.94. The van der Waals surface area contributed by atoms with Gasteiger partial charge in [0.25, 0.3) is 0 Å². The molecule has 10 heteroatoms. The first-order valence-corrected chi connectivity index (χ1v) is 11.7. The first-order chi connectivity index (χ1) is 16.8. The molecule has 1 atom stereocenters. The van der Waals surface area contributed by atoms with Crippen LogP contribution in [-0.4, -0.2) is 43.5 Å². The number of ether oxygens (including phenoxy) is 1. The van der Waals surface area contributed by atoms with Crippen LogP contribution in [-0.2, 0) is 4.79 Å². The Morgan fingerprint density at radius 2 is 1.56 bits per heavy atom. The van der Waals surface area contributed by atoms with Crippen LogP contribution in [0.4, 0.5) is 35.0 Å². The van der Waals surface area contributed by atoms with Crippen LogP contribution in [0.2, 0.25) is 0 Å². The molecule has 0 aliphatic carbocycles. The van der Waals surface area contributed by atoms with Crippen molar-refractivity contribution in [3.63, 3.8) is 0 Å². The van der Waals surface area contributed by atoms with Crippen molar-refractivity contribution in [2.75, 3.05) is 35.7 Å². The first kappa shape index (κ1) is 28.8. The minimum absolute atomic E-state index is 0.166. The number of carboxylic acids is 1. The van der Waals surface area contributed by atoms with E-state index in [1.54, 1.807) is 24.3 Å². The largest absolute Gasteiger partial charge is 0.497 e. The predicted molar refractivity (Wildman–Crippen MR) is 135 cm³/mol. The van der Waals surface area contributed by atoms with Crippen molar-refractivity contribution >= 4 is 29.1 Å². The van der Waals surface area contributed by atoms with E-state index in [1.165, 1.54) is 25.3 Å². The molecule has 2 aromatic rings. The van der Waals surface area contributed by atoms with E-state index in [0.717, 1.165) is 0 Å². The Balaban J connectivity index is 2.48. The summed E-state index contributed by atoms with van der Waals surface area (Å²) < 4.78 is 46.3. The van der Waals surface area contributed by atoms with Crippen LogP contribution < -0.4 is 20.3 Å². The second-order valence-corrected chi connectivity index (χ2v) is 9.47. The number of nitrogens with one attached hydrogen (secondary N) is 2. The lowest BCUT2D eigenvalue weighted by Crippen LogP contribution is -2.33. The summed E-state index contributed by atoms with van der Waals surface area (Å²) in [5.41, 5.74) is 0.954. The highest BCUT2D eigenvalue weighted by atomic mass is 19.4. The molecule has 2 aromatic carbocycles. The molecule has 2 rings (SSSR count). The minimum Gasteiger partial charge on any atom is -0.497 e. The van der Waals surface area contributed by atoms with Crippen molar-refractivity contribution in [3.8, 4) is 5.75 Å². The molecule has 0 saturated carbocycles. The van der Waals surface area contributed by atoms with Crippen molar-refractivity contribution in [2.24, 2.45) is 11.8 Å². The van der Waals surface area contributed by atoms with Gasteiger partial charge in [-0.2, -0.15) is 13.2 Å². The number of halogens is 3. The molecule has 1 unspecified atom stereocenters. The molecule has 198 valence electrons. The lowest BCUT2D eigenvalue weighted by molar-refractivity contribution is -0.163. The molecule has 0 heterocycles. The highest BCUT2D eigenvalue weighted by molar-refractivity contribution is 6.02. The zero-order valence-corrected chi connectivity index (χ0v) is 21.1. The van der Waals surface area contributed by atoms with Crippen LogP contribution in [0.25, 0.3) is 0 Å². The summed E-state index contributed by atoms with van der Waals surface area (Å²) in [6, 6.07) is 9.97. The second kappa shape index (κ2) is 12.5. The molecule has 0 aliphatic rings. The fourth-order valence-electron chi connectivity index (χ4n) is 3.86. The van der Waals surface area contributed by atoms with Gasteiger partial charge in [-0.05, 0) is 53.8 Å². The number of urea groups is 1. The smallest absolute Gasteiger partial charge is 0.396 e. The summed E-state index contributed by atoms with van der Waals surface area (Å²) in [6.07, 6.45) is -5.87. The number of carbonyl (C=O) groups is 2. The number of anilines is 3. The van der Waals surface area contributed by atoms with Gasteiger partial charge in [0.2, 0.25) is 0 Å². The number of nitrogens with zero attached hydrogens (tertiary/aromatic N) is 1. The molecule has 0 saturated heterocycles. The molecule has 0 aromatic heterocycles. The van der Waals surface area contributed by atoms with Gasteiger partial charge in [0.05, 0.1) is 30.8 Å². The molecular formula is C26H34F3N3O4. The monoisotopic (exact) mass is 509 g/mol. The van der Waals surface area contributed by atoms with Gasteiger partial charge in [-0.15, -0.1) is 0 Å². The molecule has 36 heavy (non-hydrogen) atoms. The molecule has 3 N–H and O–H groups in total. The fraction of sp³-hybridized carbons (Fsp3) is 0.462. The Kier molecular flexibility index (Phi) is 10.0. The van der Waals surface area contributed by atoms with Crippen molar-refractivity contribution < 1.29 is 32.6 Å². The number of rotatable bonds is 11. The van der Waals surface area contributed by atoms with Gasteiger partial charge in [0.15, 0.2) is 0 Å². The van der Waals surface area contributed by atoms with Gasteiger partial charge in [-0.3, -0.25) is 4.79 Å². The number of carboxylic acid groups (broad SMARTS) is 1. The second-order valence-electron chi connectivity index (χ2n) is 9.47. The van der Waals surface area contributed by atoms with E-state index in [-0.39, 0.29) is 23.1 Å². The number of amides is 2. The molecule has 0 bridgehead atoms. The number of alkyl halides is 3. The zero-order valence-electron chi connectivity index (χ0n) is 21.1. The molecule has 7 nitrogen and oxygen atoms in total. The normalized spacial score (nSPS) is 12.4. The van der Waals surface area contributed by atoms with Crippen LogP contribution in [0.5, 0.6) is 5.75 Å². The Labute approximate surface area is 209 Å². The summed E-state index contributed by atoms with van der Waals surface area (Å²) in [4.78, 5) is 26.0. The molecule has 0 fully saturated rings. The van der Waals surface area contributed by atoms with Crippen molar-refractivity contribution in [2.45, 2.75) is 46.2 Å². The lowest BCUT2D eigenvalue weighted by Gasteiger charge is -2.31. The first-order valence-electron chi connectivity index (χ1n) is 11.7. The standard InChI is InChI=1S/C26H34F3N3O4/c1-16(2)14-32(15-17(3)4)23-11-6-18(21(13-24(33)34)26(27,28)29)12-22(23)31-25(35)30-19-7-9-20(36-5)10-8-19/h6-12,16-17,21H,13-15H2,1-5H3,(H,33,34)(H2,30,31,35). The van der Waals surface area contributed by atoms with Gasteiger partial charge >= 0.3 is 18.2 Å². The van der Waals surface area contributed by atoms with Gasteiger partial charge in [0, 0.05) is 18.8 Å². The number of methoxy groups -OCH3 is 1. The Hall–Kier alpha value is -3.43. The van der Waals surface area contributed by atoms with Crippen LogP contribution >= 0.6 is 0 Å². The Bertz CT molecular complexity index is 1010. The van der Waals surface area contributed by atoms with Gasteiger partial charge in [-0.1, -0.05) is 33.8 Å². The van der Waals surface area contributed by atoms with E-state index in [0.29, 0.717) is 30.2 Å². The average molecular weight is 510 g/mol. The zero-order chi connectivity index (χ0) is 27.0. The summed E-state index contributed by atoms with van der Waals surface area (Å²) in [7, 11) is 1.52. The van der Waals surface area contributed by atoms with E-state index >= 15 is 0 Å². The molecular weight excluding hydrogens is 475 g/mol. The highest BCUT2D eigenvalue weighted by Crippen LogP contribution is 2.40. The quantitative estimate of drug-likeness (QED) is 0.318. The van der Waals surface area contributed by atoms with E-state index in [9.17, 15) is 22.8 Å². The maximum Gasteiger partial charge on any atom is 0.396 e. The predicted octanol–water partition coefficient (Wildman–Crippen LogP) is 6.58. The summed E-state index contributed by atoms with van der Waals surface area (Å²) >= 11 is 0. The van der Waals surface area contributed by atoms with E-state index in [1.807, 2.05) is 32.6 Å². The average Bonchev–Trinajstić information content (AvgIpc) is 2.76. The highest BCUT2D eigenvalue weighted by Gasteiger charge is 2.42. The summed E-state index contributed by atoms with van der Waals surface area (Å²) in [5.74, 6) is -2.67. The number of hydrogen-bond acceptors (Lipinski definition) is 4. The fourth-order valence-corrected chi connectivity index (χ4v) is 3.86. The molecule has 0 spiro atoms. The van der Waals surface area contributed by atoms with Crippen molar-refractivity contribution in [1.82, 2.24) is 0 Å². The van der Waals surface area contributed by atoms with E-state index < -0.39 is 30.5 Å². The molecule has 0 aliphatic heterocycles. The van der Waals surface area contributed by atoms with E-state index in [4.69, 9.17) is 9.84 Å². The number of aliphatic carboxylic acids is 1. The summed E-state index contributed by atoms with van der Waals surface area (Å²) in [6.45, 7) is 9.33. The molecule has 2 amide bonds. The Morgan fingerprint density at radius 1 is 0.972 bits per heavy atom. The maximum atomic E-state index is 13.7. The van der Waals surface area contributed by atoms with Crippen LogP contribution in [0.15, 0.2) is 42.5 Å². The van der Waals surface area contributed by atoms with Crippen LogP contribution in [0, 0.1) is 11.8 Å². The van der Waals surface area contributed by atoms with Crippen molar-refractivity contribution in [3.05, 3.63) is 48.0 Å². The van der Waals surface area contributed by atoms with Gasteiger partial charge in [0.1, 0.15) is 5.75 Å².